The summed E-state index contributed by atoms with van der Waals surface area (Å²) >= 11 is 0.470. The fraction of sp³-hybridized carbons (Fsp3) is 0.333. The zero-order chi connectivity index (χ0) is 25.5. The molecule has 182 valence electrons. The number of carbonyl (C=O) groups is 1. The zero-order valence-corrected chi connectivity index (χ0v) is 18.9. The third-order valence-corrected chi connectivity index (χ3v) is 5.68. The molecule has 0 aliphatic heterocycles. The van der Waals surface area contributed by atoms with Crippen molar-refractivity contribution in [2.24, 2.45) is 10.7 Å². The molecule has 0 radical (unpaired) electrons. The van der Waals surface area contributed by atoms with Crippen LogP contribution in [-0.2, 0) is 6.42 Å². The minimum atomic E-state index is -4.99. The van der Waals surface area contributed by atoms with Crippen molar-refractivity contribution in [1.29, 1.82) is 0 Å². The molecule has 2 aromatic rings. The van der Waals surface area contributed by atoms with E-state index in [9.17, 15) is 27.5 Å². The molecule has 13 heteroatoms. The molecule has 8 nitrogen and oxygen atoms in total. The molecule has 1 aromatic heterocycles. The van der Waals surface area contributed by atoms with Gasteiger partial charge in [-0.15, -0.1) is 6.42 Å². The molecule has 0 aliphatic rings. The summed E-state index contributed by atoms with van der Waals surface area (Å²) in [5, 5.41) is 12.2. The van der Waals surface area contributed by atoms with Gasteiger partial charge in [0.05, 0.1) is 17.1 Å². The fourth-order valence-corrected chi connectivity index (χ4v) is 3.85. The number of aliphatic imine (C=N–C) groups is 1. The number of hydrogen-bond acceptors (Lipinski definition) is 7. The number of nitrogens with two attached hydrogens (primary N) is 1. The molecule has 0 spiro atoms. The van der Waals surface area contributed by atoms with Crippen molar-refractivity contribution in [2.75, 3.05) is 19.0 Å². The Morgan fingerprint density at radius 2 is 2.09 bits per heavy atom. The fourth-order valence-electron chi connectivity index (χ4n) is 2.80. The monoisotopic (exact) mass is 499 g/mol. The van der Waals surface area contributed by atoms with Gasteiger partial charge in [-0.05, 0) is 37.1 Å². The Morgan fingerprint density at radius 1 is 1.38 bits per heavy atom. The molecular formula is C21H21F4N5O3S. The van der Waals surface area contributed by atoms with E-state index in [1.165, 1.54) is 19.3 Å². The average molecular weight is 499 g/mol. The van der Waals surface area contributed by atoms with Crippen molar-refractivity contribution >= 4 is 28.5 Å². The first-order valence-electron chi connectivity index (χ1n) is 9.53. The van der Waals surface area contributed by atoms with Crippen LogP contribution in [0.4, 0.5) is 23.2 Å². The largest absolute Gasteiger partial charge is 0.463 e. The second-order valence-corrected chi connectivity index (χ2v) is 8.65. The van der Waals surface area contributed by atoms with E-state index >= 15 is 0 Å². The standard InChI is InChI=1S/C21H21F4N5O3S/c1-4-7-33-16-11-28-15(10-29-16)17(31)30-13-5-6-14(22)12(8-13)9-20(2,34-19(26)27-3)18(32)21(23,24)25/h1,5-6,8,10-11,18,32H,7,9H2,2-3H3,(H2,26,27)(H,30,31)/t18-,20-/m1/s1. The van der Waals surface area contributed by atoms with E-state index in [1.54, 1.807) is 0 Å². The molecule has 2 rings (SSSR count). The number of thioether (sulfide) groups is 1. The smallest absolute Gasteiger partial charge is 0.415 e. The highest BCUT2D eigenvalue weighted by Gasteiger charge is 2.51. The van der Waals surface area contributed by atoms with E-state index in [2.05, 4.69) is 26.2 Å². The van der Waals surface area contributed by atoms with Crippen LogP contribution < -0.4 is 15.8 Å². The van der Waals surface area contributed by atoms with Gasteiger partial charge in [-0.1, -0.05) is 17.7 Å². The first kappa shape index (κ1) is 26.9. The van der Waals surface area contributed by atoms with E-state index in [0.717, 1.165) is 25.3 Å². The second-order valence-electron chi connectivity index (χ2n) is 7.09. The Balaban J connectivity index is 2.27. The van der Waals surface area contributed by atoms with Crippen molar-refractivity contribution in [3.63, 3.8) is 0 Å². The molecule has 1 amide bonds. The number of rotatable bonds is 8. The summed E-state index contributed by atoms with van der Waals surface area (Å²) in [6, 6.07) is 3.36. The number of ether oxygens (including phenoxy) is 1. The maximum absolute atomic E-state index is 14.5. The number of aliphatic hydroxyl groups is 1. The molecular weight excluding hydrogens is 478 g/mol. The van der Waals surface area contributed by atoms with Gasteiger partial charge in [-0.25, -0.2) is 14.4 Å². The topological polar surface area (TPSA) is 123 Å². The number of carbonyl (C=O) groups excluding carboxylic acids is 1. The molecule has 0 saturated carbocycles. The maximum atomic E-state index is 14.5. The van der Waals surface area contributed by atoms with Gasteiger partial charge in [-0.3, -0.25) is 9.79 Å². The van der Waals surface area contributed by atoms with Crippen LogP contribution in [0.1, 0.15) is 23.0 Å². The second kappa shape index (κ2) is 11.2. The Kier molecular flexibility index (Phi) is 8.83. The van der Waals surface area contributed by atoms with Gasteiger partial charge in [0, 0.05) is 12.7 Å². The quantitative estimate of drug-likeness (QED) is 0.221. The lowest BCUT2D eigenvalue weighted by molar-refractivity contribution is -0.212. The summed E-state index contributed by atoms with van der Waals surface area (Å²) in [6.45, 7) is 1.06. The Labute approximate surface area is 197 Å². The van der Waals surface area contributed by atoms with Gasteiger partial charge in [0.1, 0.15) is 11.5 Å². The van der Waals surface area contributed by atoms with Gasteiger partial charge in [0.15, 0.2) is 17.9 Å². The lowest BCUT2D eigenvalue weighted by Crippen LogP contribution is -2.49. The molecule has 1 aromatic carbocycles. The number of alkyl halides is 3. The first-order valence-corrected chi connectivity index (χ1v) is 10.4. The van der Waals surface area contributed by atoms with Crippen LogP contribution in [0.5, 0.6) is 5.88 Å². The normalized spacial score (nSPS) is 14.6. The number of amides is 1. The predicted molar refractivity (Wildman–Crippen MR) is 120 cm³/mol. The Hall–Kier alpha value is -3.37. The van der Waals surface area contributed by atoms with Crippen molar-refractivity contribution in [3.05, 3.63) is 47.7 Å². The highest BCUT2D eigenvalue weighted by molar-refractivity contribution is 8.15. The van der Waals surface area contributed by atoms with Crippen LogP contribution in [0, 0.1) is 18.2 Å². The number of hydrogen-bond donors (Lipinski definition) is 3. The molecule has 0 unspecified atom stereocenters. The van der Waals surface area contributed by atoms with Gasteiger partial charge in [-0.2, -0.15) is 13.2 Å². The maximum Gasteiger partial charge on any atom is 0.415 e. The summed E-state index contributed by atoms with van der Waals surface area (Å²) < 4.78 is 57.5. The molecule has 0 fully saturated rings. The van der Waals surface area contributed by atoms with E-state index in [4.69, 9.17) is 16.9 Å². The zero-order valence-electron chi connectivity index (χ0n) is 18.1. The number of aliphatic hydroxyl groups excluding tert-OH is 1. The highest BCUT2D eigenvalue weighted by Crippen LogP contribution is 2.40. The van der Waals surface area contributed by atoms with Gasteiger partial charge in [0.2, 0.25) is 5.88 Å². The van der Waals surface area contributed by atoms with Gasteiger partial charge < -0.3 is 20.9 Å². The summed E-state index contributed by atoms with van der Waals surface area (Å²) in [6.07, 6.45) is -1.02. The molecule has 2 atom stereocenters. The molecule has 0 saturated heterocycles. The van der Waals surface area contributed by atoms with E-state index in [-0.39, 0.29) is 34.6 Å². The Bertz CT molecular complexity index is 1090. The number of terminal acetylenes is 1. The number of nitrogens with zero attached hydrogens (tertiary/aromatic N) is 3. The number of anilines is 1. The molecule has 34 heavy (non-hydrogen) atoms. The minimum Gasteiger partial charge on any atom is -0.463 e. The van der Waals surface area contributed by atoms with Crippen LogP contribution in [0.2, 0.25) is 0 Å². The van der Waals surface area contributed by atoms with Crippen LogP contribution >= 0.6 is 11.8 Å². The third-order valence-electron chi connectivity index (χ3n) is 4.46. The van der Waals surface area contributed by atoms with Crippen LogP contribution in [0.15, 0.2) is 35.6 Å². The summed E-state index contributed by atoms with van der Waals surface area (Å²) in [7, 11) is 1.27. The highest BCUT2D eigenvalue weighted by atomic mass is 32.2. The molecule has 0 aliphatic carbocycles. The van der Waals surface area contributed by atoms with Crippen LogP contribution in [0.3, 0.4) is 0 Å². The molecule has 4 N–H and O–H groups in total. The minimum absolute atomic E-state index is 0.0332. The Morgan fingerprint density at radius 3 is 2.65 bits per heavy atom. The molecule has 1 heterocycles. The summed E-state index contributed by atoms with van der Waals surface area (Å²) in [5.41, 5.74) is 5.38. The van der Waals surface area contributed by atoms with Crippen LogP contribution in [0.25, 0.3) is 0 Å². The SMILES string of the molecule is C#CCOc1cnc(C(=O)Nc2ccc(F)c(C[C@@](C)(S/C(N)=N\C)[C@@H](O)C(F)(F)F)c2)cn1. The summed E-state index contributed by atoms with van der Waals surface area (Å²) in [4.78, 5) is 23.8. The van der Waals surface area contributed by atoms with Gasteiger partial charge in [0.25, 0.3) is 5.91 Å². The van der Waals surface area contributed by atoms with Crippen molar-refractivity contribution < 1.29 is 32.2 Å². The number of aromatic nitrogens is 2. The predicted octanol–water partition coefficient (Wildman–Crippen LogP) is 2.78. The van der Waals surface area contributed by atoms with E-state index < -0.39 is 35.2 Å². The number of amidine groups is 1. The third kappa shape index (κ3) is 7.06. The average Bonchev–Trinajstić information content (AvgIpc) is 2.78. The summed E-state index contributed by atoms with van der Waals surface area (Å²) in [5.74, 6) is 0.815. The van der Waals surface area contributed by atoms with Crippen molar-refractivity contribution in [2.45, 2.75) is 30.4 Å². The molecule has 0 bridgehead atoms. The van der Waals surface area contributed by atoms with E-state index in [1.807, 2.05) is 0 Å². The van der Waals surface area contributed by atoms with E-state index in [0.29, 0.717) is 11.8 Å². The number of benzene rings is 1. The first-order chi connectivity index (χ1) is 15.9. The lowest BCUT2D eigenvalue weighted by atomic mass is 9.93. The lowest BCUT2D eigenvalue weighted by Gasteiger charge is -2.34. The number of nitrogens with one attached hydrogen (secondary N) is 1. The van der Waals surface area contributed by atoms with Crippen molar-refractivity contribution in [3.8, 4) is 18.2 Å². The van der Waals surface area contributed by atoms with Crippen molar-refractivity contribution in [1.82, 2.24) is 9.97 Å². The van der Waals surface area contributed by atoms with Crippen LogP contribution in [-0.4, -0.2) is 56.8 Å². The number of halogens is 4. The van der Waals surface area contributed by atoms with Gasteiger partial charge >= 0.3 is 6.18 Å².